The number of rotatable bonds is 2. The fourth-order valence-electron chi connectivity index (χ4n) is 2.86. The minimum Gasteiger partial charge on any atom is -0.460 e. The number of carbonyl (C=O) groups is 1. The molecule has 2 aliphatic heterocycles. The molecule has 0 N–H and O–H groups in total. The van der Waals surface area contributed by atoms with Crippen LogP contribution in [0.25, 0.3) is 0 Å². The van der Waals surface area contributed by atoms with Crippen molar-refractivity contribution in [1.29, 1.82) is 5.26 Å². The Morgan fingerprint density at radius 1 is 1.30 bits per heavy atom. The minimum atomic E-state index is -0.310. The van der Waals surface area contributed by atoms with E-state index >= 15 is 0 Å². The molecule has 4 nitrogen and oxygen atoms in total. The van der Waals surface area contributed by atoms with Gasteiger partial charge in [0.25, 0.3) is 0 Å². The number of amides is 1. The van der Waals surface area contributed by atoms with Gasteiger partial charge in [-0.3, -0.25) is 4.79 Å². The minimum absolute atomic E-state index is 0.123. The summed E-state index contributed by atoms with van der Waals surface area (Å²) < 4.78 is 5.65. The molecular weight excluding hydrogens is 252 g/mol. The number of allylic oxidation sites excluding steroid dienone is 2. The van der Waals surface area contributed by atoms with E-state index in [1.54, 1.807) is 4.90 Å². The van der Waals surface area contributed by atoms with Crippen LogP contribution in [-0.4, -0.2) is 23.6 Å². The molecule has 1 aromatic rings. The lowest BCUT2D eigenvalue weighted by atomic mass is 9.92. The zero-order valence-corrected chi connectivity index (χ0v) is 11.2. The zero-order valence-electron chi connectivity index (χ0n) is 11.2. The van der Waals surface area contributed by atoms with Gasteiger partial charge in [-0.15, -0.1) is 0 Å². The van der Waals surface area contributed by atoms with E-state index in [0.29, 0.717) is 18.6 Å². The molecule has 1 saturated heterocycles. The summed E-state index contributed by atoms with van der Waals surface area (Å²) in [4.78, 5) is 13.6. The smallest absolute Gasteiger partial charge is 0.225 e. The number of likely N-dealkylation sites (tertiary alicyclic amines) is 1. The molecule has 1 aromatic carbocycles. The SMILES string of the molecule is N#CC1=C[C@@H](c2ccccc2)C[C@@H](N2CCCC2=O)O1. The van der Waals surface area contributed by atoms with Gasteiger partial charge in [-0.2, -0.15) is 5.26 Å². The first-order chi connectivity index (χ1) is 9.78. The summed E-state index contributed by atoms with van der Waals surface area (Å²) in [5.74, 6) is 0.564. The van der Waals surface area contributed by atoms with Crippen molar-refractivity contribution in [2.45, 2.75) is 31.4 Å². The second-order valence-corrected chi connectivity index (χ2v) is 5.16. The molecule has 1 amide bonds. The molecular formula is C16H16N2O2. The van der Waals surface area contributed by atoms with Crippen molar-refractivity contribution >= 4 is 5.91 Å². The molecule has 20 heavy (non-hydrogen) atoms. The van der Waals surface area contributed by atoms with Gasteiger partial charge in [0, 0.05) is 25.3 Å². The fourth-order valence-corrected chi connectivity index (χ4v) is 2.86. The molecule has 2 aliphatic rings. The lowest BCUT2D eigenvalue weighted by Crippen LogP contribution is -2.40. The molecule has 3 rings (SSSR count). The molecule has 2 heterocycles. The Morgan fingerprint density at radius 2 is 2.10 bits per heavy atom. The molecule has 4 heteroatoms. The van der Waals surface area contributed by atoms with Gasteiger partial charge in [-0.05, 0) is 18.1 Å². The highest BCUT2D eigenvalue weighted by Gasteiger charge is 2.34. The summed E-state index contributed by atoms with van der Waals surface area (Å²) in [6, 6.07) is 12.1. The van der Waals surface area contributed by atoms with Crippen LogP contribution in [0.5, 0.6) is 0 Å². The number of carbonyl (C=O) groups excluding carboxylic acids is 1. The lowest BCUT2D eigenvalue weighted by molar-refractivity contribution is -0.138. The number of benzene rings is 1. The van der Waals surface area contributed by atoms with Crippen LogP contribution in [0, 0.1) is 11.3 Å². The lowest BCUT2D eigenvalue weighted by Gasteiger charge is -2.33. The zero-order chi connectivity index (χ0) is 13.9. The number of ether oxygens (including phenoxy) is 1. The highest BCUT2D eigenvalue weighted by Crippen LogP contribution is 2.33. The predicted molar refractivity (Wildman–Crippen MR) is 73.3 cm³/mol. The van der Waals surface area contributed by atoms with E-state index in [4.69, 9.17) is 10.00 Å². The molecule has 1 fully saturated rings. The molecule has 0 aliphatic carbocycles. The highest BCUT2D eigenvalue weighted by atomic mass is 16.5. The second kappa shape index (κ2) is 5.38. The third-order valence-corrected chi connectivity index (χ3v) is 3.87. The van der Waals surface area contributed by atoms with E-state index in [2.05, 4.69) is 6.07 Å². The Hall–Kier alpha value is -2.28. The van der Waals surface area contributed by atoms with Crippen LogP contribution in [0.2, 0.25) is 0 Å². The number of hydrogen-bond donors (Lipinski definition) is 0. The summed E-state index contributed by atoms with van der Waals surface area (Å²) in [6.45, 7) is 0.726. The van der Waals surface area contributed by atoms with Gasteiger partial charge in [0.05, 0.1) is 0 Å². The number of nitrogens with zero attached hydrogens (tertiary/aromatic N) is 2. The molecule has 0 bridgehead atoms. The third-order valence-electron chi connectivity index (χ3n) is 3.87. The Balaban J connectivity index is 1.85. The van der Waals surface area contributed by atoms with Gasteiger partial charge in [0.15, 0.2) is 12.0 Å². The summed E-state index contributed by atoms with van der Waals surface area (Å²) in [5.41, 5.74) is 1.15. The van der Waals surface area contributed by atoms with Crippen LogP contribution in [0.1, 0.15) is 30.7 Å². The van der Waals surface area contributed by atoms with Crippen LogP contribution in [0.3, 0.4) is 0 Å². The van der Waals surface area contributed by atoms with Gasteiger partial charge in [-0.1, -0.05) is 30.3 Å². The van der Waals surface area contributed by atoms with E-state index in [1.165, 1.54) is 0 Å². The van der Waals surface area contributed by atoms with Crippen molar-refractivity contribution in [3.05, 3.63) is 47.7 Å². The van der Waals surface area contributed by atoms with E-state index in [0.717, 1.165) is 18.5 Å². The number of nitriles is 1. The van der Waals surface area contributed by atoms with E-state index in [9.17, 15) is 4.79 Å². The second-order valence-electron chi connectivity index (χ2n) is 5.16. The van der Waals surface area contributed by atoms with Gasteiger partial charge < -0.3 is 9.64 Å². The molecule has 0 saturated carbocycles. The average molecular weight is 268 g/mol. The van der Waals surface area contributed by atoms with Crippen molar-refractivity contribution in [3.8, 4) is 6.07 Å². The van der Waals surface area contributed by atoms with Crippen LogP contribution in [0.4, 0.5) is 0 Å². The molecule has 0 aromatic heterocycles. The van der Waals surface area contributed by atoms with Gasteiger partial charge >= 0.3 is 0 Å². The maximum atomic E-state index is 11.9. The Bertz CT molecular complexity index is 574. The van der Waals surface area contributed by atoms with Crippen molar-refractivity contribution in [3.63, 3.8) is 0 Å². The van der Waals surface area contributed by atoms with Crippen LogP contribution < -0.4 is 0 Å². The predicted octanol–water partition coefficient (Wildman–Crippen LogP) is 2.55. The maximum Gasteiger partial charge on any atom is 0.225 e. The van der Waals surface area contributed by atoms with Crippen LogP contribution in [0.15, 0.2) is 42.2 Å². The van der Waals surface area contributed by atoms with Gasteiger partial charge in [-0.25, -0.2) is 0 Å². The quantitative estimate of drug-likeness (QED) is 0.828. The fraction of sp³-hybridized carbons (Fsp3) is 0.375. The molecule has 0 radical (unpaired) electrons. The first kappa shape index (κ1) is 12.7. The molecule has 0 spiro atoms. The van der Waals surface area contributed by atoms with E-state index in [1.807, 2.05) is 36.4 Å². The van der Waals surface area contributed by atoms with Crippen molar-refractivity contribution in [1.82, 2.24) is 4.90 Å². The van der Waals surface area contributed by atoms with E-state index in [-0.39, 0.29) is 18.1 Å². The largest absolute Gasteiger partial charge is 0.460 e. The van der Waals surface area contributed by atoms with Gasteiger partial charge in [0.1, 0.15) is 6.07 Å². The molecule has 102 valence electrons. The monoisotopic (exact) mass is 268 g/mol. The number of hydrogen-bond acceptors (Lipinski definition) is 3. The molecule has 2 atom stereocenters. The summed E-state index contributed by atoms with van der Waals surface area (Å²) in [5, 5.41) is 9.14. The third kappa shape index (κ3) is 2.39. The topological polar surface area (TPSA) is 53.3 Å². The molecule has 0 unspecified atom stereocenters. The Morgan fingerprint density at radius 3 is 2.75 bits per heavy atom. The Labute approximate surface area is 118 Å². The first-order valence-electron chi connectivity index (χ1n) is 6.91. The van der Waals surface area contributed by atoms with Crippen molar-refractivity contribution in [2.75, 3.05) is 6.54 Å². The van der Waals surface area contributed by atoms with Crippen molar-refractivity contribution in [2.24, 2.45) is 0 Å². The van der Waals surface area contributed by atoms with Crippen LogP contribution >= 0.6 is 0 Å². The van der Waals surface area contributed by atoms with Gasteiger partial charge in [0.2, 0.25) is 5.91 Å². The van der Waals surface area contributed by atoms with Crippen LogP contribution in [-0.2, 0) is 9.53 Å². The average Bonchev–Trinajstić information content (AvgIpc) is 2.94. The van der Waals surface area contributed by atoms with Crippen molar-refractivity contribution < 1.29 is 9.53 Å². The maximum absolute atomic E-state index is 11.9. The Kier molecular flexibility index (Phi) is 3.42. The summed E-state index contributed by atoms with van der Waals surface area (Å²) >= 11 is 0. The summed E-state index contributed by atoms with van der Waals surface area (Å²) in [6.07, 6.45) is 3.71. The highest BCUT2D eigenvalue weighted by molar-refractivity contribution is 5.78. The summed E-state index contributed by atoms with van der Waals surface area (Å²) in [7, 11) is 0. The normalized spacial score (nSPS) is 25.9. The van der Waals surface area contributed by atoms with E-state index < -0.39 is 0 Å². The first-order valence-corrected chi connectivity index (χ1v) is 6.91. The standard InChI is InChI=1S/C16H16N2O2/c17-11-14-9-13(12-5-2-1-3-6-12)10-16(20-14)18-8-4-7-15(18)19/h1-3,5-6,9,13,16H,4,7-8,10H2/t13-,16+/m1/s1.